The van der Waals surface area contributed by atoms with Gasteiger partial charge >= 0.3 is 0 Å². The number of aliphatic hydroxyl groups is 1. The molecule has 0 aromatic heterocycles. The minimum atomic E-state index is -0.0802. The third-order valence-corrected chi connectivity index (χ3v) is 4.31. The van der Waals surface area contributed by atoms with Gasteiger partial charge in [-0.15, -0.1) is 0 Å². The molecule has 0 aliphatic heterocycles. The Labute approximate surface area is 127 Å². The Kier molecular flexibility index (Phi) is 13.8. The van der Waals surface area contributed by atoms with E-state index in [0.717, 1.165) is 51.9 Å². The van der Waals surface area contributed by atoms with Gasteiger partial charge in [-0.2, -0.15) is 0 Å². The predicted molar refractivity (Wildman–Crippen MR) is 89.3 cm³/mol. The number of unbranched alkanes of at least 4 members (excludes halogenated alkanes) is 2. The monoisotopic (exact) mass is 286 g/mol. The quantitative estimate of drug-likeness (QED) is 0.496. The summed E-state index contributed by atoms with van der Waals surface area (Å²) in [6.07, 6.45) is 6.64. The zero-order chi connectivity index (χ0) is 15.2. The molecule has 0 aromatic carbocycles. The Morgan fingerprint density at radius 2 is 1.00 bits per heavy atom. The largest absolute Gasteiger partial charge is 0.393 e. The minimum Gasteiger partial charge on any atom is -0.393 e. The third kappa shape index (κ3) is 10.6. The molecular weight excluding hydrogens is 248 g/mol. The van der Waals surface area contributed by atoms with Crippen molar-refractivity contribution in [3.8, 4) is 0 Å². The number of aliphatic hydroxyl groups excluding tert-OH is 1. The van der Waals surface area contributed by atoms with Gasteiger partial charge in [-0.3, -0.25) is 0 Å². The van der Waals surface area contributed by atoms with Gasteiger partial charge in [-0.25, -0.2) is 0 Å². The molecule has 20 heavy (non-hydrogen) atoms. The van der Waals surface area contributed by atoms with Crippen molar-refractivity contribution in [3.63, 3.8) is 0 Å². The van der Waals surface area contributed by atoms with Gasteiger partial charge in [0.1, 0.15) is 0 Å². The van der Waals surface area contributed by atoms with Crippen LogP contribution >= 0.6 is 0 Å². The van der Waals surface area contributed by atoms with Crippen molar-refractivity contribution in [2.45, 2.75) is 72.3 Å². The molecule has 0 aromatic rings. The zero-order valence-electron chi connectivity index (χ0n) is 14.4. The van der Waals surface area contributed by atoms with Crippen molar-refractivity contribution in [1.29, 1.82) is 0 Å². The Morgan fingerprint density at radius 1 is 0.650 bits per heavy atom. The molecule has 0 aliphatic rings. The van der Waals surface area contributed by atoms with Gasteiger partial charge < -0.3 is 14.9 Å². The van der Waals surface area contributed by atoms with E-state index >= 15 is 0 Å². The molecule has 0 atom stereocenters. The van der Waals surface area contributed by atoms with Gasteiger partial charge in [0, 0.05) is 0 Å². The predicted octanol–water partition coefficient (Wildman–Crippen LogP) is 3.37. The number of hydrogen-bond acceptors (Lipinski definition) is 3. The normalized spacial score (nSPS) is 12.0. The van der Waals surface area contributed by atoms with Crippen LogP contribution in [0, 0.1) is 0 Å². The van der Waals surface area contributed by atoms with E-state index in [4.69, 9.17) is 0 Å². The zero-order valence-corrected chi connectivity index (χ0v) is 14.4. The summed E-state index contributed by atoms with van der Waals surface area (Å²) in [4.78, 5) is 4.91. The maximum atomic E-state index is 9.98. The van der Waals surface area contributed by atoms with Crippen LogP contribution in [0.15, 0.2) is 0 Å². The first-order valence-electron chi connectivity index (χ1n) is 8.80. The highest BCUT2D eigenvalue weighted by atomic mass is 16.3. The standard InChI is InChI=1S/C17H38N2O/c1-5-18(6-2)15-11-9-13-17(20)14-10-12-16-19(7-3)8-4/h17,20H,5-16H2,1-4H3. The fraction of sp³-hybridized carbons (Fsp3) is 1.00. The van der Waals surface area contributed by atoms with Crippen molar-refractivity contribution in [2.75, 3.05) is 39.3 Å². The van der Waals surface area contributed by atoms with Crippen LogP contribution in [0.5, 0.6) is 0 Å². The van der Waals surface area contributed by atoms with Crippen LogP contribution in [0.25, 0.3) is 0 Å². The molecule has 1 N–H and O–H groups in total. The summed E-state index contributed by atoms with van der Waals surface area (Å²) in [5.74, 6) is 0. The topological polar surface area (TPSA) is 26.7 Å². The molecule has 3 heteroatoms. The molecule has 0 unspecified atom stereocenters. The maximum Gasteiger partial charge on any atom is 0.0540 e. The lowest BCUT2D eigenvalue weighted by molar-refractivity contribution is 0.144. The second kappa shape index (κ2) is 13.8. The summed E-state index contributed by atoms with van der Waals surface area (Å²) < 4.78 is 0. The van der Waals surface area contributed by atoms with Gasteiger partial charge in [0.15, 0.2) is 0 Å². The second-order valence-electron chi connectivity index (χ2n) is 5.70. The van der Waals surface area contributed by atoms with Crippen molar-refractivity contribution in [1.82, 2.24) is 9.80 Å². The Balaban J connectivity index is 3.43. The number of rotatable bonds is 14. The first-order valence-corrected chi connectivity index (χ1v) is 8.80. The van der Waals surface area contributed by atoms with E-state index in [1.165, 1.54) is 25.9 Å². The molecule has 0 saturated heterocycles. The van der Waals surface area contributed by atoms with Gasteiger partial charge in [0.2, 0.25) is 0 Å². The van der Waals surface area contributed by atoms with Crippen molar-refractivity contribution < 1.29 is 5.11 Å². The van der Waals surface area contributed by atoms with Gasteiger partial charge in [-0.05, 0) is 77.8 Å². The molecule has 0 fully saturated rings. The van der Waals surface area contributed by atoms with Crippen LogP contribution in [0.4, 0.5) is 0 Å². The van der Waals surface area contributed by atoms with Gasteiger partial charge in [-0.1, -0.05) is 27.7 Å². The number of hydrogen-bond donors (Lipinski definition) is 1. The average Bonchev–Trinajstić information content (AvgIpc) is 2.47. The average molecular weight is 287 g/mol. The van der Waals surface area contributed by atoms with E-state index in [9.17, 15) is 5.11 Å². The summed E-state index contributed by atoms with van der Waals surface area (Å²) in [5, 5.41) is 9.98. The molecular formula is C17H38N2O. The van der Waals surface area contributed by atoms with Crippen molar-refractivity contribution >= 4 is 0 Å². The van der Waals surface area contributed by atoms with E-state index in [2.05, 4.69) is 37.5 Å². The highest BCUT2D eigenvalue weighted by molar-refractivity contribution is 4.60. The van der Waals surface area contributed by atoms with Crippen LogP contribution in [-0.2, 0) is 0 Å². The molecule has 0 amide bonds. The maximum absolute atomic E-state index is 9.98. The molecule has 0 heterocycles. The fourth-order valence-corrected chi connectivity index (χ4v) is 2.65. The Bertz CT molecular complexity index is 171. The van der Waals surface area contributed by atoms with E-state index in [1.54, 1.807) is 0 Å². The lowest BCUT2D eigenvalue weighted by Crippen LogP contribution is -2.24. The van der Waals surface area contributed by atoms with Gasteiger partial charge in [0.05, 0.1) is 6.10 Å². The van der Waals surface area contributed by atoms with Crippen LogP contribution in [-0.4, -0.2) is 60.3 Å². The first-order chi connectivity index (χ1) is 9.67. The Morgan fingerprint density at radius 3 is 1.30 bits per heavy atom. The smallest absolute Gasteiger partial charge is 0.0540 e. The molecule has 0 spiro atoms. The van der Waals surface area contributed by atoms with E-state index in [-0.39, 0.29) is 6.10 Å². The van der Waals surface area contributed by atoms with Crippen molar-refractivity contribution in [2.24, 2.45) is 0 Å². The molecule has 3 nitrogen and oxygen atoms in total. The van der Waals surface area contributed by atoms with E-state index < -0.39 is 0 Å². The molecule has 0 aliphatic carbocycles. The Hall–Kier alpha value is -0.120. The van der Waals surface area contributed by atoms with Crippen molar-refractivity contribution in [3.05, 3.63) is 0 Å². The molecule has 122 valence electrons. The van der Waals surface area contributed by atoms with Gasteiger partial charge in [0.25, 0.3) is 0 Å². The summed E-state index contributed by atoms with van der Waals surface area (Å²) in [6, 6.07) is 0. The van der Waals surface area contributed by atoms with Crippen LogP contribution in [0.1, 0.15) is 66.2 Å². The van der Waals surface area contributed by atoms with E-state index in [1.807, 2.05) is 0 Å². The number of nitrogens with zero attached hydrogens (tertiary/aromatic N) is 2. The van der Waals surface area contributed by atoms with Crippen LogP contribution in [0.3, 0.4) is 0 Å². The minimum absolute atomic E-state index is 0.0802. The molecule has 0 saturated carbocycles. The highest BCUT2D eigenvalue weighted by Crippen LogP contribution is 2.09. The SMILES string of the molecule is CCN(CC)CCCCC(O)CCCCN(CC)CC. The molecule has 0 radical (unpaired) electrons. The lowest BCUT2D eigenvalue weighted by Gasteiger charge is -2.19. The highest BCUT2D eigenvalue weighted by Gasteiger charge is 2.06. The summed E-state index contributed by atoms with van der Waals surface area (Å²) >= 11 is 0. The van der Waals surface area contributed by atoms with E-state index in [0.29, 0.717) is 0 Å². The second-order valence-corrected chi connectivity index (χ2v) is 5.70. The summed E-state index contributed by atoms with van der Waals surface area (Å²) in [7, 11) is 0. The third-order valence-electron chi connectivity index (χ3n) is 4.31. The fourth-order valence-electron chi connectivity index (χ4n) is 2.65. The van der Waals surface area contributed by atoms with Crippen LogP contribution < -0.4 is 0 Å². The first kappa shape index (κ1) is 19.9. The van der Waals surface area contributed by atoms with Crippen LogP contribution in [0.2, 0.25) is 0 Å². The lowest BCUT2D eigenvalue weighted by atomic mass is 10.1. The summed E-state index contributed by atoms with van der Waals surface area (Å²) in [6.45, 7) is 15.8. The molecule has 0 rings (SSSR count). The molecule has 0 bridgehead atoms. The summed E-state index contributed by atoms with van der Waals surface area (Å²) in [5.41, 5.74) is 0.